The van der Waals surface area contributed by atoms with Crippen molar-refractivity contribution in [3.8, 4) is 0 Å². The highest BCUT2D eigenvalue weighted by Crippen LogP contribution is 2.40. The lowest BCUT2D eigenvalue weighted by Crippen LogP contribution is -2.33. The van der Waals surface area contributed by atoms with Crippen LogP contribution >= 0.6 is 11.8 Å². The van der Waals surface area contributed by atoms with Gasteiger partial charge in [-0.2, -0.15) is 0 Å². The van der Waals surface area contributed by atoms with Crippen LogP contribution in [0.2, 0.25) is 0 Å². The lowest BCUT2D eigenvalue weighted by Gasteiger charge is -2.21. The minimum Gasteiger partial charge on any atom is -0.315 e. The van der Waals surface area contributed by atoms with Gasteiger partial charge in [0.1, 0.15) is 5.82 Å². The van der Waals surface area contributed by atoms with Crippen molar-refractivity contribution in [1.82, 2.24) is 14.8 Å². The molecule has 1 atom stereocenters. The summed E-state index contributed by atoms with van der Waals surface area (Å²) in [5.41, 5.74) is 0.903. The number of hydrogen-bond donors (Lipinski definition) is 0. The molecule has 1 fully saturated rings. The fourth-order valence-corrected chi connectivity index (χ4v) is 3.60. The van der Waals surface area contributed by atoms with E-state index < -0.39 is 0 Å². The Labute approximate surface area is 141 Å². The van der Waals surface area contributed by atoms with E-state index in [9.17, 15) is 4.79 Å². The van der Waals surface area contributed by atoms with Crippen LogP contribution in [-0.4, -0.2) is 33.0 Å². The average molecular weight is 330 g/mol. The number of carbonyl (C=O) groups is 1. The molecule has 0 unspecified atom stereocenters. The number of carbonyl (C=O) groups excluding carboxylic acids is 1. The minimum atomic E-state index is -0.207. The normalized spacial score (nSPS) is 15.4. The van der Waals surface area contributed by atoms with E-state index in [1.165, 1.54) is 24.6 Å². The Kier molecular flexibility index (Phi) is 4.71. The number of hydrogen-bond acceptors (Lipinski definition) is 4. The first-order valence-electron chi connectivity index (χ1n) is 8.04. The predicted molar refractivity (Wildman–Crippen MR) is 92.8 cm³/mol. The summed E-state index contributed by atoms with van der Waals surface area (Å²) in [5, 5.41) is 9.28. The third-order valence-electron chi connectivity index (χ3n) is 4.11. The van der Waals surface area contributed by atoms with Gasteiger partial charge in [0.2, 0.25) is 5.91 Å². The summed E-state index contributed by atoms with van der Waals surface area (Å²) in [6, 6.07) is 9.70. The molecule has 6 heteroatoms. The number of amides is 1. The monoisotopic (exact) mass is 330 g/mol. The van der Waals surface area contributed by atoms with E-state index in [2.05, 4.69) is 21.7 Å². The molecule has 1 aromatic carbocycles. The Morgan fingerprint density at radius 2 is 2.04 bits per heavy atom. The second-order valence-electron chi connectivity index (χ2n) is 5.85. The van der Waals surface area contributed by atoms with Gasteiger partial charge < -0.3 is 9.47 Å². The Morgan fingerprint density at radius 1 is 1.35 bits per heavy atom. The van der Waals surface area contributed by atoms with Crippen molar-refractivity contribution < 1.29 is 4.79 Å². The summed E-state index contributed by atoms with van der Waals surface area (Å²) in [7, 11) is 1.81. The predicted octanol–water partition coefficient (Wildman–Crippen LogP) is 3.32. The molecule has 5 nitrogen and oxygen atoms in total. The van der Waals surface area contributed by atoms with E-state index in [1.807, 2.05) is 44.3 Å². The van der Waals surface area contributed by atoms with E-state index in [4.69, 9.17) is 0 Å². The van der Waals surface area contributed by atoms with Crippen molar-refractivity contribution in [1.29, 1.82) is 0 Å². The SMILES string of the molecule is CCn1c(S[C@@H](C)C(=O)N(C)c2ccccc2)nnc1C1CC1. The lowest BCUT2D eigenvalue weighted by molar-refractivity contribution is -0.117. The molecule has 0 spiro atoms. The molecule has 2 aromatic rings. The van der Waals surface area contributed by atoms with E-state index in [0.29, 0.717) is 5.92 Å². The molecule has 0 bridgehead atoms. The van der Waals surface area contributed by atoms with Gasteiger partial charge >= 0.3 is 0 Å². The highest BCUT2D eigenvalue weighted by molar-refractivity contribution is 8.00. The second-order valence-corrected chi connectivity index (χ2v) is 7.16. The zero-order chi connectivity index (χ0) is 16.4. The topological polar surface area (TPSA) is 51.0 Å². The fraction of sp³-hybridized carbons (Fsp3) is 0.471. The van der Waals surface area contributed by atoms with Crippen LogP contribution in [0.1, 0.15) is 38.4 Å². The zero-order valence-corrected chi connectivity index (χ0v) is 14.6. The number of aromatic nitrogens is 3. The van der Waals surface area contributed by atoms with Gasteiger partial charge in [-0.25, -0.2) is 0 Å². The lowest BCUT2D eigenvalue weighted by atomic mass is 10.3. The van der Waals surface area contributed by atoms with Gasteiger partial charge in [-0.15, -0.1) is 10.2 Å². The molecule has 1 heterocycles. The van der Waals surface area contributed by atoms with E-state index in [1.54, 1.807) is 4.90 Å². The molecule has 0 N–H and O–H groups in total. The van der Waals surface area contributed by atoms with E-state index >= 15 is 0 Å². The van der Waals surface area contributed by atoms with Crippen LogP contribution in [0.3, 0.4) is 0 Å². The molecule has 23 heavy (non-hydrogen) atoms. The quantitative estimate of drug-likeness (QED) is 0.763. The first-order chi connectivity index (χ1) is 11.1. The molecule has 0 saturated heterocycles. The summed E-state index contributed by atoms with van der Waals surface area (Å²) >= 11 is 1.49. The molecule has 1 aliphatic carbocycles. The van der Waals surface area contributed by atoms with Gasteiger partial charge in [-0.3, -0.25) is 4.79 Å². The van der Waals surface area contributed by atoms with E-state index in [0.717, 1.165) is 23.2 Å². The van der Waals surface area contributed by atoms with Gasteiger partial charge in [0.25, 0.3) is 0 Å². The van der Waals surface area contributed by atoms with Crippen LogP contribution in [0, 0.1) is 0 Å². The Morgan fingerprint density at radius 3 is 2.65 bits per heavy atom. The van der Waals surface area contributed by atoms with Crippen LogP contribution in [0.4, 0.5) is 5.69 Å². The molecule has 1 aliphatic rings. The molecule has 0 aliphatic heterocycles. The van der Waals surface area contributed by atoms with Crippen molar-refractivity contribution in [3.63, 3.8) is 0 Å². The first kappa shape index (κ1) is 16.1. The van der Waals surface area contributed by atoms with Crippen LogP contribution in [0.5, 0.6) is 0 Å². The van der Waals surface area contributed by atoms with Crippen LogP contribution in [0.15, 0.2) is 35.5 Å². The maximum atomic E-state index is 12.6. The number of rotatable bonds is 6. The summed E-state index contributed by atoms with van der Waals surface area (Å²) in [4.78, 5) is 14.3. The molecule has 1 amide bonds. The first-order valence-corrected chi connectivity index (χ1v) is 8.92. The highest BCUT2D eigenvalue weighted by Gasteiger charge is 2.31. The van der Waals surface area contributed by atoms with Crippen molar-refractivity contribution in [2.75, 3.05) is 11.9 Å². The van der Waals surface area contributed by atoms with Crippen LogP contribution in [-0.2, 0) is 11.3 Å². The van der Waals surface area contributed by atoms with Crippen molar-refractivity contribution >= 4 is 23.4 Å². The number of thioether (sulfide) groups is 1. The highest BCUT2D eigenvalue weighted by atomic mass is 32.2. The van der Waals surface area contributed by atoms with Crippen LogP contribution < -0.4 is 4.90 Å². The number of para-hydroxylation sites is 1. The Hall–Kier alpha value is -1.82. The van der Waals surface area contributed by atoms with Crippen molar-refractivity contribution in [2.45, 2.75) is 49.6 Å². The maximum Gasteiger partial charge on any atom is 0.240 e. The zero-order valence-electron chi connectivity index (χ0n) is 13.8. The van der Waals surface area contributed by atoms with Gasteiger partial charge in [0.05, 0.1) is 5.25 Å². The molecule has 0 radical (unpaired) electrons. The fourth-order valence-electron chi connectivity index (χ4n) is 2.59. The second kappa shape index (κ2) is 6.74. The number of anilines is 1. The minimum absolute atomic E-state index is 0.0693. The molecule has 1 aromatic heterocycles. The van der Waals surface area contributed by atoms with Gasteiger partial charge in [0, 0.05) is 25.2 Å². The maximum absolute atomic E-state index is 12.6. The summed E-state index contributed by atoms with van der Waals surface area (Å²) in [6.07, 6.45) is 2.40. The van der Waals surface area contributed by atoms with E-state index in [-0.39, 0.29) is 11.2 Å². The smallest absolute Gasteiger partial charge is 0.240 e. The standard InChI is InChI=1S/C17H22N4OS/c1-4-21-15(13-10-11-13)18-19-17(21)23-12(2)16(22)20(3)14-8-6-5-7-9-14/h5-9,12-13H,4,10-11H2,1-3H3/t12-/m0/s1. The van der Waals surface area contributed by atoms with Crippen molar-refractivity contribution in [3.05, 3.63) is 36.2 Å². The summed E-state index contributed by atoms with van der Waals surface area (Å²) < 4.78 is 2.15. The molecular weight excluding hydrogens is 308 g/mol. The third kappa shape index (κ3) is 3.42. The van der Waals surface area contributed by atoms with Gasteiger partial charge in [0.15, 0.2) is 5.16 Å². The van der Waals surface area contributed by atoms with Gasteiger partial charge in [-0.1, -0.05) is 30.0 Å². The van der Waals surface area contributed by atoms with Crippen LogP contribution in [0.25, 0.3) is 0 Å². The largest absolute Gasteiger partial charge is 0.315 e. The molecular formula is C17H22N4OS. The number of benzene rings is 1. The Bertz CT molecular complexity index is 681. The third-order valence-corrected chi connectivity index (χ3v) is 5.18. The molecule has 3 rings (SSSR count). The summed E-state index contributed by atoms with van der Waals surface area (Å²) in [5.74, 6) is 1.71. The van der Waals surface area contributed by atoms with Gasteiger partial charge in [-0.05, 0) is 38.8 Å². The average Bonchev–Trinajstić information content (AvgIpc) is 3.35. The summed E-state index contributed by atoms with van der Waals surface area (Å²) in [6.45, 7) is 4.87. The molecule has 1 saturated carbocycles. The number of nitrogens with zero attached hydrogens (tertiary/aromatic N) is 4. The Balaban J connectivity index is 1.71. The van der Waals surface area contributed by atoms with Crippen molar-refractivity contribution in [2.24, 2.45) is 0 Å². The molecule has 122 valence electrons.